The van der Waals surface area contributed by atoms with Crippen LogP contribution in [-0.2, 0) is 9.59 Å². The minimum absolute atomic E-state index is 0.0749. The number of benzene rings is 1. The Morgan fingerprint density at radius 1 is 1.29 bits per heavy atom. The molecule has 108 valence electrons. The average molecular weight is 286 g/mol. The molecule has 1 saturated heterocycles. The maximum atomic E-state index is 11.9. The van der Waals surface area contributed by atoms with Crippen LogP contribution in [0.5, 0.6) is 0 Å². The highest BCUT2D eigenvalue weighted by atomic mass is 16.4. The van der Waals surface area contributed by atoms with Crippen molar-refractivity contribution in [3.05, 3.63) is 53.2 Å². The summed E-state index contributed by atoms with van der Waals surface area (Å²) in [4.78, 5) is 34.7. The standard InChI is InChI=1S/C15H14N2O4/c1-10(7-11-5-3-2-4-6-11)8-12-14(20)17(9-13(18)19)15(21)16-12/h2-8H,9H2,1H3,(H,16,21)(H,18,19)/b10-7+,12-8-. The first-order valence-electron chi connectivity index (χ1n) is 6.27. The van der Waals surface area contributed by atoms with E-state index in [-0.39, 0.29) is 5.70 Å². The third-order valence-corrected chi connectivity index (χ3v) is 2.82. The van der Waals surface area contributed by atoms with Crippen LogP contribution in [-0.4, -0.2) is 34.5 Å². The van der Waals surface area contributed by atoms with Crippen molar-refractivity contribution in [1.29, 1.82) is 0 Å². The van der Waals surface area contributed by atoms with Gasteiger partial charge in [0.2, 0.25) is 0 Å². The van der Waals surface area contributed by atoms with E-state index in [1.165, 1.54) is 6.08 Å². The lowest BCUT2D eigenvalue weighted by Gasteiger charge is -2.06. The number of nitrogens with one attached hydrogen (secondary N) is 1. The number of carboxylic acids is 1. The van der Waals surface area contributed by atoms with Crippen molar-refractivity contribution in [2.45, 2.75) is 6.92 Å². The van der Waals surface area contributed by atoms with E-state index in [0.717, 1.165) is 11.1 Å². The largest absolute Gasteiger partial charge is 0.480 e. The van der Waals surface area contributed by atoms with Crippen molar-refractivity contribution in [3.8, 4) is 0 Å². The first-order valence-corrected chi connectivity index (χ1v) is 6.27. The molecule has 0 unspecified atom stereocenters. The summed E-state index contributed by atoms with van der Waals surface area (Å²) in [5, 5.41) is 11.0. The van der Waals surface area contributed by atoms with E-state index in [1.807, 2.05) is 36.4 Å². The second-order valence-corrected chi connectivity index (χ2v) is 4.57. The first kappa shape index (κ1) is 14.5. The highest BCUT2D eigenvalue weighted by Crippen LogP contribution is 2.14. The highest BCUT2D eigenvalue weighted by molar-refractivity contribution is 6.13. The van der Waals surface area contributed by atoms with Gasteiger partial charge in [0.25, 0.3) is 5.91 Å². The molecule has 1 aromatic carbocycles. The Hall–Kier alpha value is -2.89. The second-order valence-electron chi connectivity index (χ2n) is 4.57. The molecule has 0 bridgehead atoms. The van der Waals surface area contributed by atoms with Crippen LogP contribution >= 0.6 is 0 Å². The van der Waals surface area contributed by atoms with E-state index in [9.17, 15) is 14.4 Å². The van der Waals surface area contributed by atoms with Crippen LogP contribution in [0.2, 0.25) is 0 Å². The molecule has 2 rings (SSSR count). The summed E-state index contributed by atoms with van der Waals surface area (Å²) in [7, 11) is 0. The lowest BCUT2D eigenvalue weighted by molar-refractivity contribution is -0.140. The number of imide groups is 1. The fourth-order valence-corrected chi connectivity index (χ4v) is 1.93. The Morgan fingerprint density at radius 2 is 1.95 bits per heavy atom. The number of urea groups is 1. The zero-order chi connectivity index (χ0) is 15.4. The third-order valence-electron chi connectivity index (χ3n) is 2.82. The molecule has 1 aliphatic rings. The summed E-state index contributed by atoms with van der Waals surface area (Å²) < 4.78 is 0. The molecule has 21 heavy (non-hydrogen) atoms. The van der Waals surface area contributed by atoms with Crippen LogP contribution in [0, 0.1) is 0 Å². The summed E-state index contributed by atoms with van der Waals surface area (Å²) in [6, 6.07) is 8.78. The van der Waals surface area contributed by atoms with Crippen molar-refractivity contribution in [1.82, 2.24) is 10.2 Å². The van der Waals surface area contributed by atoms with Crippen molar-refractivity contribution in [2.24, 2.45) is 0 Å². The van der Waals surface area contributed by atoms with Gasteiger partial charge in [-0.1, -0.05) is 36.4 Å². The second kappa shape index (κ2) is 6.04. The van der Waals surface area contributed by atoms with E-state index in [4.69, 9.17) is 5.11 Å². The van der Waals surface area contributed by atoms with Crippen molar-refractivity contribution < 1.29 is 19.5 Å². The van der Waals surface area contributed by atoms with Crippen molar-refractivity contribution >= 4 is 24.0 Å². The van der Waals surface area contributed by atoms with Crippen LogP contribution in [0.4, 0.5) is 4.79 Å². The Morgan fingerprint density at radius 3 is 2.57 bits per heavy atom. The molecule has 0 spiro atoms. The van der Waals surface area contributed by atoms with Crippen LogP contribution in [0.25, 0.3) is 6.08 Å². The Labute approximate surface area is 121 Å². The Bertz CT molecular complexity index is 647. The molecule has 0 atom stereocenters. The van der Waals surface area contributed by atoms with Crippen molar-refractivity contribution in [3.63, 3.8) is 0 Å². The fourth-order valence-electron chi connectivity index (χ4n) is 1.93. The number of amides is 3. The predicted octanol–water partition coefficient (Wildman–Crippen LogP) is 1.61. The van der Waals surface area contributed by atoms with E-state index < -0.39 is 24.5 Å². The molecule has 0 radical (unpaired) electrons. The van der Waals surface area contributed by atoms with E-state index in [1.54, 1.807) is 6.92 Å². The molecule has 2 N–H and O–H groups in total. The van der Waals surface area contributed by atoms with Crippen LogP contribution in [0.3, 0.4) is 0 Å². The normalized spacial score (nSPS) is 17.3. The van der Waals surface area contributed by atoms with Crippen LogP contribution in [0.1, 0.15) is 12.5 Å². The monoisotopic (exact) mass is 286 g/mol. The minimum Gasteiger partial charge on any atom is -0.480 e. The van der Waals surface area contributed by atoms with Gasteiger partial charge in [-0.25, -0.2) is 9.69 Å². The first-order chi connectivity index (χ1) is 9.97. The summed E-state index contributed by atoms with van der Waals surface area (Å²) in [5.41, 5.74) is 1.80. The SMILES string of the molecule is CC(/C=C1\NC(=O)N(CC(=O)O)C1=O)=C\c1ccccc1. The number of carboxylic acid groups (broad SMARTS) is 1. The molecule has 0 aliphatic carbocycles. The van der Waals surface area contributed by atoms with Gasteiger partial charge in [0, 0.05) is 0 Å². The summed E-state index contributed by atoms with van der Waals surface area (Å²) in [6.07, 6.45) is 3.38. The average Bonchev–Trinajstić information content (AvgIpc) is 2.67. The maximum absolute atomic E-state index is 11.9. The highest BCUT2D eigenvalue weighted by Gasteiger charge is 2.34. The topological polar surface area (TPSA) is 86.7 Å². The molecule has 1 aromatic rings. The maximum Gasteiger partial charge on any atom is 0.329 e. The number of allylic oxidation sites excluding steroid dienone is 2. The number of hydrogen-bond donors (Lipinski definition) is 2. The summed E-state index contributed by atoms with van der Waals surface area (Å²) in [6.45, 7) is 1.14. The number of nitrogens with zero attached hydrogens (tertiary/aromatic N) is 1. The van der Waals surface area contributed by atoms with Gasteiger partial charge in [0.05, 0.1) is 0 Å². The Balaban J connectivity index is 2.18. The van der Waals surface area contributed by atoms with Gasteiger partial charge >= 0.3 is 12.0 Å². The van der Waals surface area contributed by atoms with E-state index in [0.29, 0.717) is 4.90 Å². The van der Waals surface area contributed by atoms with Crippen molar-refractivity contribution in [2.75, 3.05) is 6.54 Å². The van der Waals surface area contributed by atoms with Gasteiger partial charge in [-0.15, -0.1) is 0 Å². The van der Waals surface area contributed by atoms with Gasteiger partial charge in [0.15, 0.2) is 0 Å². The van der Waals surface area contributed by atoms with Gasteiger partial charge < -0.3 is 10.4 Å². The summed E-state index contributed by atoms with van der Waals surface area (Å²) >= 11 is 0. The number of carbonyl (C=O) groups is 3. The van der Waals surface area contributed by atoms with Gasteiger partial charge in [-0.3, -0.25) is 9.59 Å². The van der Waals surface area contributed by atoms with Gasteiger partial charge in [-0.05, 0) is 24.1 Å². The molecule has 0 aromatic heterocycles. The molecular weight excluding hydrogens is 272 g/mol. The lowest BCUT2D eigenvalue weighted by atomic mass is 10.1. The number of hydrogen-bond acceptors (Lipinski definition) is 3. The molecule has 1 aliphatic heterocycles. The smallest absolute Gasteiger partial charge is 0.329 e. The van der Waals surface area contributed by atoms with E-state index >= 15 is 0 Å². The van der Waals surface area contributed by atoms with Gasteiger partial charge in [0.1, 0.15) is 12.2 Å². The number of carbonyl (C=O) groups excluding carboxylic acids is 2. The Kier molecular flexibility index (Phi) is 4.18. The van der Waals surface area contributed by atoms with Crippen LogP contribution < -0.4 is 5.32 Å². The summed E-state index contributed by atoms with van der Waals surface area (Å²) in [5.74, 6) is -1.88. The van der Waals surface area contributed by atoms with Gasteiger partial charge in [-0.2, -0.15) is 0 Å². The number of aliphatic carboxylic acids is 1. The number of rotatable bonds is 4. The molecule has 6 heteroatoms. The lowest BCUT2D eigenvalue weighted by Crippen LogP contribution is -2.35. The molecular formula is C15H14N2O4. The quantitative estimate of drug-likeness (QED) is 0.650. The molecule has 1 heterocycles. The molecule has 3 amide bonds. The third kappa shape index (κ3) is 3.56. The zero-order valence-corrected chi connectivity index (χ0v) is 11.4. The molecule has 6 nitrogen and oxygen atoms in total. The van der Waals surface area contributed by atoms with E-state index in [2.05, 4.69) is 5.32 Å². The molecule has 1 fully saturated rings. The zero-order valence-electron chi connectivity index (χ0n) is 11.4. The molecule has 0 saturated carbocycles. The van der Waals surface area contributed by atoms with Crippen LogP contribution in [0.15, 0.2) is 47.7 Å². The fraction of sp³-hybridized carbons (Fsp3) is 0.133. The predicted molar refractivity (Wildman–Crippen MR) is 76.1 cm³/mol. The minimum atomic E-state index is -1.24.